The van der Waals surface area contributed by atoms with E-state index in [-0.39, 0.29) is 17.9 Å². The second-order valence-electron chi connectivity index (χ2n) is 5.40. The number of carbonyl (C=O) groups is 2. The summed E-state index contributed by atoms with van der Waals surface area (Å²) in [4.78, 5) is 26.8. The molecule has 0 saturated carbocycles. The molecule has 2 aliphatic rings. The highest BCUT2D eigenvalue weighted by Gasteiger charge is 2.31. The molecule has 2 heterocycles. The van der Waals surface area contributed by atoms with Crippen LogP contribution in [0.1, 0.15) is 39.0 Å². The van der Waals surface area contributed by atoms with Gasteiger partial charge >= 0.3 is 0 Å². The lowest BCUT2D eigenvalue weighted by Gasteiger charge is -2.38. The van der Waals surface area contributed by atoms with Crippen LogP contribution in [0.2, 0.25) is 0 Å². The van der Waals surface area contributed by atoms with Gasteiger partial charge in [0.25, 0.3) is 0 Å². The van der Waals surface area contributed by atoms with Crippen molar-refractivity contribution < 1.29 is 9.59 Å². The first-order chi connectivity index (χ1) is 8.59. The zero-order valence-corrected chi connectivity index (χ0v) is 11.1. The van der Waals surface area contributed by atoms with Crippen LogP contribution in [-0.4, -0.2) is 53.3 Å². The maximum atomic E-state index is 11.5. The topological polar surface area (TPSA) is 66.6 Å². The summed E-state index contributed by atoms with van der Waals surface area (Å²) >= 11 is 0. The first-order valence-corrected chi connectivity index (χ1v) is 6.92. The summed E-state index contributed by atoms with van der Waals surface area (Å²) in [6.45, 7) is 4.36. The zero-order chi connectivity index (χ0) is 13.1. The van der Waals surface area contributed by atoms with Gasteiger partial charge in [0.05, 0.1) is 0 Å². The fourth-order valence-electron chi connectivity index (χ4n) is 2.99. The quantitative estimate of drug-likeness (QED) is 0.734. The third-order valence-corrected chi connectivity index (χ3v) is 4.04. The molecule has 0 aromatic rings. The number of likely N-dealkylation sites (tertiary alicyclic amines) is 2. The molecule has 0 radical (unpaired) electrons. The second kappa shape index (κ2) is 5.80. The van der Waals surface area contributed by atoms with Gasteiger partial charge in [-0.05, 0) is 26.3 Å². The van der Waals surface area contributed by atoms with E-state index in [1.165, 1.54) is 17.7 Å². The molecule has 0 aliphatic carbocycles. The number of carbonyl (C=O) groups excluding carboxylic acids is 2. The summed E-state index contributed by atoms with van der Waals surface area (Å²) in [5.74, 6) is -0.0382. The molecule has 0 aromatic heterocycles. The van der Waals surface area contributed by atoms with Gasteiger partial charge in [-0.1, -0.05) is 6.42 Å². The van der Waals surface area contributed by atoms with Gasteiger partial charge in [-0.3, -0.25) is 19.4 Å². The Morgan fingerprint density at radius 1 is 1.22 bits per heavy atom. The molecule has 0 spiro atoms. The van der Waals surface area contributed by atoms with E-state index in [1.807, 2.05) is 6.92 Å². The number of nitrogens with zero attached hydrogens (tertiary/aromatic N) is 2. The molecule has 5 nitrogen and oxygen atoms in total. The van der Waals surface area contributed by atoms with E-state index in [2.05, 4.69) is 4.90 Å². The summed E-state index contributed by atoms with van der Waals surface area (Å²) in [6, 6.07) is 0.543. The van der Waals surface area contributed by atoms with Crippen molar-refractivity contribution in [1.82, 2.24) is 9.80 Å². The van der Waals surface area contributed by atoms with Crippen LogP contribution < -0.4 is 5.73 Å². The summed E-state index contributed by atoms with van der Waals surface area (Å²) in [7, 11) is 0. The van der Waals surface area contributed by atoms with Crippen LogP contribution in [-0.2, 0) is 9.59 Å². The minimum atomic E-state index is -0.0191. The third kappa shape index (κ3) is 2.90. The molecule has 2 rings (SSSR count). The number of hydrogen-bond acceptors (Lipinski definition) is 4. The lowest BCUT2D eigenvalue weighted by molar-refractivity contribution is -0.138. The minimum Gasteiger partial charge on any atom is -0.327 e. The number of piperidine rings is 1. The van der Waals surface area contributed by atoms with Gasteiger partial charge in [0.2, 0.25) is 11.8 Å². The van der Waals surface area contributed by atoms with Crippen LogP contribution in [0.25, 0.3) is 0 Å². The van der Waals surface area contributed by atoms with Crippen molar-refractivity contribution in [3.05, 3.63) is 0 Å². The Bertz CT molecular complexity index is 314. The monoisotopic (exact) mass is 253 g/mol. The van der Waals surface area contributed by atoms with Crippen molar-refractivity contribution in [2.75, 3.05) is 19.6 Å². The molecule has 0 aromatic carbocycles. The standard InChI is InChI=1S/C13H23N3O2/c1-10(14)11-4-2-3-7-15(11)8-9-16-12(17)5-6-13(16)18/h10-11H,2-9,14H2,1H3. The molecular weight excluding hydrogens is 230 g/mol. The van der Waals surface area contributed by atoms with Gasteiger partial charge in [0.15, 0.2) is 0 Å². The average molecular weight is 253 g/mol. The molecule has 18 heavy (non-hydrogen) atoms. The van der Waals surface area contributed by atoms with Gasteiger partial charge in [0, 0.05) is 38.0 Å². The highest BCUT2D eigenvalue weighted by Crippen LogP contribution is 2.19. The van der Waals surface area contributed by atoms with E-state index in [1.54, 1.807) is 0 Å². The number of imide groups is 1. The molecule has 5 heteroatoms. The maximum Gasteiger partial charge on any atom is 0.229 e. The van der Waals surface area contributed by atoms with Crippen LogP contribution in [0, 0.1) is 0 Å². The number of hydrogen-bond donors (Lipinski definition) is 1. The molecule has 2 saturated heterocycles. The number of nitrogens with two attached hydrogens (primary N) is 1. The lowest BCUT2D eigenvalue weighted by Crippen LogP contribution is -2.51. The Kier molecular flexibility index (Phi) is 4.35. The molecule has 2 unspecified atom stereocenters. The summed E-state index contributed by atoms with van der Waals surface area (Å²) in [5.41, 5.74) is 6.01. The van der Waals surface area contributed by atoms with E-state index in [9.17, 15) is 9.59 Å². The number of rotatable bonds is 4. The van der Waals surface area contributed by atoms with Crippen LogP contribution in [0.5, 0.6) is 0 Å². The van der Waals surface area contributed by atoms with E-state index in [0.29, 0.717) is 25.4 Å². The molecule has 0 bridgehead atoms. The van der Waals surface area contributed by atoms with Crippen LogP contribution in [0.4, 0.5) is 0 Å². The third-order valence-electron chi connectivity index (χ3n) is 4.04. The Labute approximate surface area is 108 Å². The summed E-state index contributed by atoms with van der Waals surface area (Å²) in [5, 5.41) is 0. The lowest BCUT2D eigenvalue weighted by atomic mass is 9.97. The predicted octanol–water partition coefficient (Wildman–Crippen LogP) is 0.337. The van der Waals surface area contributed by atoms with Gasteiger partial charge in [-0.2, -0.15) is 0 Å². The van der Waals surface area contributed by atoms with Crippen molar-refractivity contribution in [2.45, 2.75) is 51.1 Å². The SMILES string of the molecule is CC(N)C1CCCCN1CCN1C(=O)CCC1=O. The van der Waals surface area contributed by atoms with Crippen molar-refractivity contribution >= 4 is 11.8 Å². The maximum absolute atomic E-state index is 11.5. The smallest absolute Gasteiger partial charge is 0.229 e. The Morgan fingerprint density at radius 3 is 2.50 bits per heavy atom. The summed E-state index contributed by atoms with van der Waals surface area (Å²) in [6.07, 6.45) is 4.31. The first-order valence-electron chi connectivity index (χ1n) is 6.92. The Morgan fingerprint density at radius 2 is 1.89 bits per heavy atom. The molecule has 2 N–H and O–H groups in total. The van der Waals surface area contributed by atoms with Crippen molar-refractivity contribution in [3.63, 3.8) is 0 Å². The largest absolute Gasteiger partial charge is 0.327 e. The second-order valence-corrected chi connectivity index (χ2v) is 5.40. The fourth-order valence-corrected chi connectivity index (χ4v) is 2.99. The van der Waals surface area contributed by atoms with E-state index >= 15 is 0 Å². The van der Waals surface area contributed by atoms with Crippen molar-refractivity contribution in [1.29, 1.82) is 0 Å². The fraction of sp³-hybridized carbons (Fsp3) is 0.846. The summed E-state index contributed by atoms with van der Waals surface area (Å²) < 4.78 is 0. The Hall–Kier alpha value is -0.940. The Balaban J connectivity index is 1.88. The number of amides is 2. The molecule has 2 fully saturated rings. The predicted molar refractivity (Wildman–Crippen MR) is 68.8 cm³/mol. The van der Waals surface area contributed by atoms with Gasteiger partial charge in [0.1, 0.15) is 0 Å². The van der Waals surface area contributed by atoms with Gasteiger partial charge in [-0.25, -0.2) is 0 Å². The van der Waals surface area contributed by atoms with Crippen LogP contribution in [0.3, 0.4) is 0 Å². The highest BCUT2D eigenvalue weighted by molar-refractivity contribution is 6.01. The van der Waals surface area contributed by atoms with E-state index in [0.717, 1.165) is 19.5 Å². The van der Waals surface area contributed by atoms with Crippen molar-refractivity contribution in [3.8, 4) is 0 Å². The molecule has 2 aliphatic heterocycles. The van der Waals surface area contributed by atoms with Crippen LogP contribution >= 0.6 is 0 Å². The van der Waals surface area contributed by atoms with Crippen molar-refractivity contribution in [2.24, 2.45) is 5.73 Å². The highest BCUT2D eigenvalue weighted by atomic mass is 16.2. The van der Waals surface area contributed by atoms with Gasteiger partial charge < -0.3 is 5.73 Å². The minimum absolute atomic E-state index is 0.0191. The molecule has 2 amide bonds. The molecule has 102 valence electrons. The normalized spacial score (nSPS) is 27.9. The molecule has 2 atom stereocenters. The zero-order valence-electron chi connectivity index (χ0n) is 11.1. The first kappa shape index (κ1) is 13.5. The van der Waals surface area contributed by atoms with Gasteiger partial charge in [-0.15, -0.1) is 0 Å². The van der Waals surface area contributed by atoms with Crippen LogP contribution in [0.15, 0.2) is 0 Å². The van der Waals surface area contributed by atoms with E-state index in [4.69, 9.17) is 5.73 Å². The average Bonchev–Trinajstić information content (AvgIpc) is 2.67. The molecular formula is C13H23N3O2. The van der Waals surface area contributed by atoms with E-state index < -0.39 is 0 Å².